The van der Waals surface area contributed by atoms with Crippen LogP contribution in [0.4, 0.5) is 0 Å². The van der Waals surface area contributed by atoms with Gasteiger partial charge in [0.25, 0.3) is 0 Å². The third kappa shape index (κ3) is 1.48. The molecule has 0 unspecified atom stereocenters. The molecule has 0 bridgehead atoms. The lowest BCUT2D eigenvalue weighted by molar-refractivity contribution is 0.476. The molecule has 2 rings (SSSR count). The first kappa shape index (κ1) is 8.40. The van der Waals surface area contributed by atoms with Gasteiger partial charge in [0, 0.05) is 0 Å². The van der Waals surface area contributed by atoms with Gasteiger partial charge in [-0.15, -0.1) is 11.3 Å². The summed E-state index contributed by atoms with van der Waals surface area (Å²) in [6.07, 6.45) is 0. The average Bonchev–Trinajstić information content (AvgIpc) is 2.46. The lowest BCUT2D eigenvalue weighted by atomic mass is 10.3. The normalized spacial score (nSPS) is 10.5. The lowest BCUT2D eigenvalue weighted by Crippen LogP contribution is -2.08. The summed E-state index contributed by atoms with van der Waals surface area (Å²) in [5.41, 5.74) is 6.24. The second-order valence-electron chi connectivity index (χ2n) is 2.54. The second kappa shape index (κ2) is 2.93. The van der Waals surface area contributed by atoms with E-state index in [1.54, 1.807) is 18.2 Å². The minimum Gasteiger partial charge on any atom is -0.508 e. The molecule has 0 radical (unpaired) electrons. The van der Waals surface area contributed by atoms with Gasteiger partial charge in [-0.25, -0.2) is 4.98 Å². The maximum atomic E-state index is 9.19. The molecule has 3 nitrogen and oxygen atoms in total. The van der Waals surface area contributed by atoms with Crippen LogP contribution in [0, 0.1) is 0 Å². The first-order valence-electron chi connectivity index (χ1n) is 3.56. The van der Waals surface area contributed by atoms with Crippen LogP contribution in [0.3, 0.4) is 0 Å². The quantitative estimate of drug-likeness (QED) is 0.702. The van der Waals surface area contributed by atoms with Gasteiger partial charge in [0.2, 0.25) is 0 Å². The molecule has 0 aliphatic heterocycles. The monoisotopic (exact) mass is 210 g/mol. The first-order valence-corrected chi connectivity index (χ1v) is 4.78. The number of aromatic hydroxyl groups is 1. The minimum atomic E-state index is 0.227. The number of thiazole rings is 1. The van der Waals surface area contributed by atoms with Crippen LogP contribution in [0.25, 0.3) is 10.2 Å². The number of phenolic OH excluding ortho intramolecular Hbond substituents is 1. The van der Waals surface area contributed by atoms with Crippen LogP contribution in [0.2, 0.25) is 0 Å². The van der Waals surface area contributed by atoms with Gasteiger partial charge >= 0.3 is 0 Å². The average molecular weight is 210 g/mol. The standard InChI is InChI=1S/C8H6N2OS2/c9-7(12)8-10-5-2-1-4(11)3-6(5)13-8/h1-3,11H,(H2,9,12). The zero-order valence-corrected chi connectivity index (χ0v) is 8.15. The second-order valence-corrected chi connectivity index (χ2v) is 4.01. The summed E-state index contributed by atoms with van der Waals surface area (Å²) in [6.45, 7) is 0. The number of nitrogens with zero attached hydrogens (tertiary/aromatic N) is 1. The van der Waals surface area contributed by atoms with E-state index in [2.05, 4.69) is 4.98 Å². The van der Waals surface area contributed by atoms with Crippen molar-refractivity contribution in [3.8, 4) is 5.75 Å². The Bertz CT molecular complexity index is 478. The summed E-state index contributed by atoms with van der Waals surface area (Å²) < 4.78 is 0.891. The summed E-state index contributed by atoms with van der Waals surface area (Å²) in [4.78, 5) is 4.49. The lowest BCUT2D eigenvalue weighted by Gasteiger charge is -1.87. The molecule has 0 amide bonds. The number of thiocarbonyl (C=S) groups is 1. The van der Waals surface area contributed by atoms with Crippen LogP contribution in [0.1, 0.15) is 5.01 Å². The summed E-state index contributed by atoms with van der Waals surface area (Å²) in [6, 6.07) is 4.98. The molecule has 0 saturated carbocycles. The Morgan fingerprint density at radius 3 is 3.00 bits per heavy atom. The fraction of sp³-hybridized carbons (Fsp3) is 0. The fourth-order valence-electron chi connectivity index (χ4n) is 1.02. The van der Waals surface area contributed by atoms with Crippen molar-refractivity contribution in [3.05, 3.63) is 23.2 Å². The van der Waals surface area contributed by atoms with Crippen LogP contribution in [0.15, 0.2) is 18.2 Å². The Morgan fingerprint density at radius 2 is 2.31 bits per heavy atom. The van der Waals surface area contributed by atoms with Gasteiger partial charge in [-0.05, 0) is 18.2 Å². The van der Waals surface area contributed by atoms with Gasteiger partial charge < -0.3 is 10.8 Å². The Hall–Kier alpha value is -1.20. The molecule has 1 heterocycles. The highest BCUT2D eigenvalue weighted by molar-refractivity contribution is 7.81. The van der Waals surface area contributed by atoms with E-state index in [0.29, 0.717) is 10.00 Å². The maximum Gasteiger partial charge on any atom is 0.151 e. The highest BCUT2D eigenvalue weighted by atomic mass is 32.1. The van der Waals surface area contributed by atoms with Gasteiger partial charge in [-0.3, -0.25) is 0 Å². The number of fused-ring (bicyclic) bond motifs is 1. The van der Waals surface area contributed by atoms with Gasteiger partial charge in [-0.1, -0.05) is 12.2 Å². The predicted octanol–water partition coefficient (Wildman–Crippen LogP) is 1.64. The van der Waals surface area contributed by atoms with Crippen LogP contribution in [-0.4, -0.2) is 15.1 Å². The molecular formula is C8H6N2OS2. The molecule has 1 aromatic heterocycles. The summed E-state index contributed by atoms with van der Waals surface area (Å²) in [7, 11) is 0. The van der Waals surface area contributed by atoms with Gasteiger partial charge in [-0.2, -0.15) is 0 Å². The van der Waals surface area contributed by atoms with Gasteiger partial charge in [0.15, 0.2) is 5.01 Å². The first-order chi connectivity index (χ1) is 6.16. The predicted molar refractivity (Wildman–Crippen MR) is 57.2 cm³/mol. The molecular weight excluding hydrogens is 204 g/mol. The number of phenols is 1. The zero-order chi connectivity index (χ0) is 9.42. The van der Waals surface area contributed by atoms with Crippen molar-refractivity contribution in [2.75, 3.05) is 0 Å². The zero-order valence-electron chi connectivity index (χ0n) is 6.52. The van der Waals surface area contributed by atoms with Crippen LogP contribution >= 0.6 is 23.6 Å². The van der Waals surface area contributed by atoms with E-state index in [1.807, 2.05) is 0 Å². The van der Waals surface area contributed by atoms with Crippen molar-refractivity contribution < 1.29 is 5.11 Å². The number of nitrogens with two attached hydrogens (primary N) is 1. The molecule has 1 aromatic carbocycles. The molecule has 0 aliphatic rings. The smallest absolute Gasteiger partial charge is 0.151 e. The largest absolute Gasteiger partial charge is 0.508 e. The van der Waals surface area contributed by atoms with Crippen molar-refractivity contribution in [1.29, 1.82) is 0 Å². The molecule has 2 aromatic rings. The fourth-order valence-corrected chi connectivity index (χ4v) is 2.04. The minimum absolute atomic E-state index is 0.227. The number of aromatic nitrogens is 1. The van der Waals surface area contributed by atoms with Crippen LogP contribution in [0.5, 0.6) is 5.75 Å². The van der Waals surface area contributed by atoms with Crippen molar-refractivity contribution >= 4 is 38.8 Å². The van der Waals surface area contributed by atoms with E-state index in [1.165, 1.54) is 11.3 Å². The summed E-state index contributed by atoms with van der Waals surface area (Å²) >= 11 is 6.18. The third-order valence-electron chi connectivity index (χ3n) is 1.58. The summed E-state index contributed by atoms with van der Waals surface area (Å²) in [5, 5.41) is 9.83. The van der Waals surface area contributed by atoms with Crippen molar-refractivity contribution in [2.45, 2.75) is 0 Å². The van der Waals surface area contributed by atoms with Crippen LogP contribution < -0.4 is 5.73 Å². The van der Waals surface area contributed by atoms with Crippen molar-refractivity contribution in [1.82, 2.24) is 4.98 Å². The number of hydrogen-bond donors (Lipinski definition) is 2. The van der Waals surface area contributed by atoms with Crippen molar-refractivity contribution in [2.24, 2.45) is 5.73 Å². The molecule has 66 valence electrons. The SMILES string of the molecule is NC(=S)c1nc2ccc(O)cc2s1. The van der Waals surface area contributed by atoms with E-state index < -0.39 is 0 Å². The summed E-state index contributed by atoms with van der Waals surface area (Å²) in [5.74, 6) is 0.227. The molecule has 0 aliphatic carbocycles. The molecule has 0 atom stereocenters. The van der Waals surface area contributed by atoms with Gasteiger partial charge in [0.05, 0.1) is 10.2 Å². The van der Waals surface area contributed by atoms with E-state index in [9.17, 15) is 5.11 Å². The Labute approximate surface area is 83.8 Å². The van der Waals surface area contributed by atoms with Gasteiger partial charge in [0.1, 0.15) is 10.7 Å². The number of benzene rings is 1. The molecule has 5 heteroatoms. The molecule has 0 spiro atoms. The Balaban J connectivity index is 2.68. The van der Waals surface area contributed by atoms with E-state index >= 15 is 0 Å². The topological polar surface area (TPSA) is 59.1 Å². The molecule has 0 fully saturated rings. The van der Waals surface area contributed by atoms with E-state index in [4.69, 9.17) is 18.0 Å². The molecule has 0 saturated heterocycles. The molecule has 3 N–H and O–H groups in total. The third-order valence-corrected chi connectivity index (χ3v) is 2.96. The van der Waals surface area contributed by atoms with E-state index in [-0.39, 0.29) is 5.75 Å². The van der Waals surface area contributed by atoms with E-state index in [0.717, 1.165) is 10.2 Å². The highest BCUT2D eigenvalue weighted by Gasteiger charge is 2.05. The Kier molecular flexibility index (Phi) is 1.90. The maximum absolute atomic E-state index is 9.19. The number of rotatable bonds is 1. The number of hydrogen-bond acceptors (Lipinski definition) is 4. The highest BCUT2D eigenvalue weighted by Crippen LogP contribution is 2.25. The van der Waals surface area contributed by atoms with Crippen LogP contribution in [-0.2, 0) is 0 Å². The Morgan fingerprint density at radius 1 is 1.54 bits per heavy atom. The molecule has 13 heavy (non-hydrogen) atoms. The van der Waals surface area contributed by atoms with Crippen molar-refractivity contribution in [3.63, 3.8) is 0 Å².